The average molecular weight is 398 g/mol. The Morgan fingerprint density at radius 1 is 1.42 bits per heavy atom. The summed E-state index contributed by atoms with van der Waals surface area (Å²) in [6.07, 6.45) is 2.10. The van der Waals surface area contributed by atoms with Gasteiger partial charge in [-0.05, 0) is 37.5 Å². The molecule has 5 nitrogen and oxygen atoms in total. The number of benzene rings is 1. The summed E-state index contributed by atoms with van der Waals surface area (Å²) in [5, 5.41) is 6.63. The smallest absolute Gasteiger partial charge is 0.191 e. The molecule has 0 bridgehead atoms. The molecule has 1 atom stereocenters. The first-order chi connectivity index (χ1) is 11.8. The monoisotopic (exact) mass is 397 g/mol. The number of nitrogens with one attached hydrogen (secondary N) is 2. The summed E-state index contributed by atoms with van der Waals surface area (Å²) < 4.78 is 12.1. The number of hydrogen-bond acceptors (Lipinski definition) is 3. The van der Waals surface area contributed by atoms with Crippen molar-refractivity contribution in [2.75, 3.05) is 39.5 Å². The Bertz CT molecular complexity index is 505. The number of nitrogens with zero attached hydrogens (tertiary/aromatic N) is 1. The maximum atomic E-state index is 5.72. The number of ether oxygens (including phenoxy) is 2. The van der Waals surface area contributed by atoms with Crippen LogP contribution in [0, 0.1) is 5.92 Å². The van der Waals surface area contributed by atoms with E-state index in [0.29, 0.717) is 12.5 Å². The predicted octanol–water partition coefficient (Wildman–Crippen LogP) is 2.95. The zero-order chi connectivity index (χ0) is 17.0. The van der Waals surface area contributed by atoms with E-state index in [1.54, 1.807) is 0 Å². The van der Waals surface area contributed by atoms with Gasteiger partial charge < -0.3 is 20.1 Å². The lowest BCUT2D eigenvalue weighted by molar-refractivity contribution is 0.0888. The first kappa shape index (κ1) is 19.2. The van der Waals surface area contributed by atoms with Gasteiger partial charge in [-0.25, -0.2) is 4.99 Å². The molecule has 1 aromatic rings. The van der Waals surface area contributed by atoms with Gasteiger partial charge in [-0.1, -0.05) is 28.1 Å². The lowest BCUT2D eigenvalue weighted by Gasteiger charge is -2.12. The molecule has 0 saturated carbocycles. The molecular weight excluding hydrogens is 370 g/mol. The van der Waals surface area contributed by atoms with Crippen LogP contribution >= 0.6 is 15.9 Å². The van der Waals surface area contributed by atoms with E-state index in [1.807, 2.05) is 12.1 Å². The highest BCUT2D eigenvalue weighted by molar-refractivity contribution is 9.10. The fraction of sp³-hybridized carbons (Fsp3) is 0.611. The molecule has 0 aliphatic carbocycles. The number of guanidine groups is 1. The molecule has 1 heterocycles. The van der Waals surface area contributed by atoms with Crippen molar-refractivity contribution in [3.05, 3.63) is 34.3 Å². The predicted molar refractivity (Wildman–Crippen MR) is 101 cm³/mol. The standard InChI is InChI=1S/C18H28BrN3O2/c1-2-20-18(22-12-15-5-3-6-17(19)11-15)21-8-4-9-23-13-16-7-10-24-14-16/h3,5-6,11,16H,2,4,7-10,12-14H2,1H3,(H2,20,21,22). The van der Waals surface area contributed by atoms with Gasteiger partial charge in [0.2, 0.25) is 0 Å². The summed E-state index contributed by atoms with van der Waals surface area (Å²) in [4.78, 5) is 4.62. The molecule has 1 aromatic carbocycles. The molecule has 1 unspecified atom stereocenters. The molecule has 0 aromatic heterocycles. The van der Waals surface area contributed by atoms with E-state index >= 15 is 0 Å². The Morgan fingerprint density at radius 2 is 2.33 bits per heavy atom. The zero-order valence-corrected chi connectivity index (χ0v) is 16.0. The minimum atomic E-state index is 0.585. The topological polar surface area (TPSA) is 54.9 Å². The van der Waals surface area contributed by atoms with Gasteiger partial charge in [0.05, 0.1) is 19.8 Å². The van der Waals surface area contributed by atoms with Crippen LogP contribution in [0.25, 0.3) is 0 Å². The molecular formula is C18H28BrN3O2. The highest BCUT2D eigenvalue weighted by atomic mass is 79.9. The molecule has 6 heteroatoms. The first-order valence-corrected chi connectivity index (χ1v) is 9.49. The van der Waals surface area contributed by atoms with E-state index in [4.69, 9.17) is 9.47 Å². The maximum absolute atomic E-state index is 5.72. The average Bonchev–Trinajstić information content (AvgIpc) is 3.09. The van der Waals surface area contributed by atoms with Gasteiger partial charge in [0, 0.05) is 36.7 Å². The van der Waals surface area contributed by atoms with Gasteiger partial charge in [-0.15, -0.1) is 0 Å². The molecule has 1 aliphatic rings. The molecule has 24 heavy (non-hydrogen) atoms. The van der Waals surface area contributed by atoms with Crippen molar-refractivity contribution >= 4 is 21.9 Å². The molecule has 2 N–H and O–H groups in total. The second-order valence-corrected chi connectivity index (χ2v) is 6.83. The largest absolute Gasteiger partial charge is 0.381 e. The third kappa shape index (κ3) is 7.64. The Morgan fingerprint density at radius 3 is 3.08 bits per heavy atom. The van der Waals surface area contributed by atoms with Crippen molar-refractivity contribution in [3.63, 3.8) is 0 Å². The summed E-state index contributed by atoms with van der Waals surface area (Å²) >= 11 is 3.49. The summed E-state index contributed by atoms with van der Waals surface area (Å²) in [5.74, 6) is 1.43. The van der Waals surface area contributed by atoms with Crippen molar-refractivity contribution in [2.24, 2.45) is 10.9 Å². The van der Waals surface area contributed by atoms with Crippen molar-refractivity contribution in [1.82, 2.24) is 10.6 Å². The van der Waals surface area contributed by atoms with E-state index in [1.165, 1.54) is 5.56 Å². The van der Waals surface area contributed by atoms with Gasteiger partial charge in [-0.2, -0.15) is 0 Å². The van der Waals surface area contributed by atoms with Crippen molar-refractivity contribution in [2.45, 2.75) is 26.3 Å². The summed E-state index contributed by atoms with van der Waals surface area (Å²) in [7, 11) is 0. The minimum absolute atomic E-state index is 0.585. The van der Waals surface area contributed by atoms with E-state index in [-0.39, 0.29) is 0 Å². The van der Waals surface area contributed by atoms with Gasteiger partial charge in [0.25, 0.3) is 0 Å². The van der Waals surface area contributed by atoms with Crippen LogP contribution in [0.1, 0.15) is 25.3 Å². The number of halogens is 1. The van der Waals surface area contributed by atoms with Gasteiger partial charge in [0.1, 0.15) is 0 Å². The van der Waals surface area contributed by atoms with Crippen LogP contribution < -0.4 is 10.6 Å². The molecule has 134 valence electrons. The molecule has 1 saturated heterocycles. The second kappa shape index (κ2) is 11.4. The second-order valence-electron chi connectivity index (χ2n) is 5.91. The minimum Gasteiger partial charge on any atom is -0.381 e. The van der Waals surface area contributed by atoms with Gasteiger partial charge in [0.15, 0.2) is 5.96 Å². The molecule has 0 amide bonds. The summed E-state index contributed by atoms with van der Waals surface area (Å²) in [5.41, 5.74) is 1.18. The maximum Gasteiger partial charge on any atom is 0.191 e. The van der Waals surface area contributed by atoms with Crippen LogP contribution in [-0.2, 0) is 16.0 Å². The lowest BCUT2D eigenvalue weighted by atomic mass is 10.1. The number of rotatable bonds is 9. The Kier molecular flexibility index (Phi) is 9.16. The van der Waals surface area contributed by atoms with Crippen LogP contribution in [0.5, 0.6) is 0 Å². The van der Waals surface area contributed by atoms with E-state index < -0.39 is 0 Å². The lowest BCUT2D eigenvalue weighted by Crippen LogP contribution is -2.38. The quantitative estimate of drug-likeness (QED) is 0.382. The van der Waals surface area contributed by atoms with Crippen LogP contribution in [0.4, 0.5) is 0 Å². The Labute approximate surface area is 153 Å². The van der Waals surface area contributed by atoms with Crippen molar-refractivity contribution in [1.29, 1.82) is 0 Å². The van der Waals surface area contributed by atoms with Crippen LogP contribution in [0.3, 0.4) is 0 Å². The highest BCUT2D eigenvalue weighted by Crippen LogP contribution is 2.13. The molecule has 2 rings (SSSR count). The summed E-state index contributed by atoms with van der Waals surface area (Å²) in [6.45, 7) is 7.76. The van der Waals surface area contributed by atoms with Crippen LogP contribution in [0.15, 0.2) is 33.7 Å². The number of hydrogen-bond donors (Lipinski definition) is 2. The number of aliphatic imine (C=N–C) groups is 1. The Balaban J connectivity index is 1.63. The first-order valence-electron chi connectivity index (χ1n) is 8.70. The summed E-state index contributed by atoms with van der Waals surface area (Å²) in [6, 6.07) is 8.22. The molecule has 1 aliphatic heterocycles. The highest BCUT2D eigenvalue weighted by Gasteiger charge is 2.15. The van der Waals surface area contributed by atoms with Crippen LogP contribution in [-0.4, -0.2) is 45.5 Å². The Hall–Kier alpha value is -1.11. The van der Waals surface area contributed by atoms with Crippen LogP contribution in [0.2, 0.25) is 0 Å². The third-order valence-electron chi connectivity index (χ3n) is 3.79. The van der Waals surface area contributed by atoms with E-state index in [9.17, 15) is 0 Å². The molecule has 0 spiro atoms. The van der Waals surface area contributed by atoms with Crippen molar-refractivity contribution in [3.8, 4) is 0 Å². The SMILES string of the molecule is CCNC(=NCc1cccc(Br)c1)NCCCOCC1CCOC1. The van der Waals surface area contributed by atoms with E-state index in [0.717, 1.165) is 62.8 Å². The van der Waals surface area contributed by atoms with Crippen molar-refractivity contribution < 1.29 is 9.47 Å². The van der Waals surface area contributed by atoms with Gasteiger partial charge >= 0.3 is 0 Å². The third-order valence-corrected chi connectivity index (χ3v) is 4.28. The fourth-order valence-corrected chi connectivity index (χ4v) is 2.94. The van der Waals surface area contributed by atoms with E-state index in [2.05, 4.69) is 50.6 Å². The normalized spacial score (nSPS) is 17.9. The molecule has 1 fully saturated rings. The van der Waals surface area contributed by atoms with Gasteiger partial charge in [-0.3, -0.25) is 0 Å². The zero-order valence-electron chi connectivity index (χ0n) is 14.4. The molecule has 0 radical (unpaired) electrons. The fourth-order valence-electron chi connectivity index (χ4n) is 2.49.